The molecule has 1 heterocycles. The van der Waals surface area contributed by atoms with Gasteiger partial charge in [0.05, 0.1) is 13.0 Å². The van der Waals surface area contributed by atoms with Crippen LogP contribution in [0.5, 0.6) is 5.75 Å². The van der Waals surface area contributed by atoms with Crippen LogP contribution in [0, 0.1) is 5.82 Å². The number of hydrogen-bond acceptors (Lipinski definition) is 2. The normalized spacial score (nSPS) is 10.4. The maximum absolute atomic E-state index is 12.8. The van der Waals surface area contributed by atoms with Gasteiger partial charge in [-0.05, 0) is 54.1 Å². The van der Waals surface area contributed by atoms with Crippen LogP contribution in [0.2, 0.25) is 0 Å². The Morgan fingerprint density at radius 1 is 1.00 bits per heavy atom. The Bertz CT molecular complexity index is 797. The van der Waals surface area contributed by atoms with Gasteiger partial charge in [0.1, 0.15) is 18.2 Å². The molecule has 0 aliphatic heterocycles. The predicted molar refractivity (Wildman–Crippen MR) is 94.4 cm³/mol. The fourth-order valence-electron chi connectivity index (χ4n) is 2.43. The average molecular weight is 338 g/mol. The van der Waals surface area contributed by atoms with Crippen LogP contribution in [0.15, 0.2) is 73.1 Å². The molecule has 1 N–H and O–H groups in total. The monoisotopic (exact) mass is 338 g/mol. The lowest BCUT2D eigenvalue weighted by Crippen LogP contribution is -2.29. The van der Waals surface area contributed by atoms with Crippen molar-refractivity contribution >= 4 is 5.91 Å². The Kier molecular flexibility index (Phi) is 5.46. The highest BCUT2D eigenvalue weighted by Gasteiger charge is 2.04. The molecule has 3 rings (SSSR count). The maximum Gasteiger partial charge on any atom is 0.224 e. The van der Waals surface area contributed by atoms with Gasteiger partial charge in [0.25, 0.3) is 0 Å². The summed E-state index contributed by atoms with van der Waals surface area (Å²) in [5, 5.41) is 2.81. The third-order valence-electron chi connectivity index (χ3n) is 3.71. The van der Waals surface area contributed by atoms with Crippen molar-refractivity contribution in [3.63, 3.8) is 0 Å². The molecule has 0 radical (unpaired) electrons. The van der Waals surface area contributed by atoms with E-state index in [0.717, 1.165) is 11.3 Å². The number of nitrogens with zero attached hydrogens (tertiary/aromatic N) is 1. The molecule has 1 aromatic heterocycles. The van der Waals surface area contributed by atoms with E-state index in [-0.39, 0.29) is 11.7 Å². The lowest BCUT2D eigenvalue weighted by molar-refractivity contribution is -0.120. The van der Waals surface area contributed by atoms with Gasteiger partial charge in [-0.2, -0.15) is 0 Å². The number of aromatic nitrogens is 1. The topological polar surface area (TPSA) is 43.3 Å². The van der Waals surface area contributed by atoms with Gasteiger partial charge in [-0.15, -0.1) is 0 Å². The molecule has 0 fully saturated rings. The Morgan fingerprint density at radius 3 is 2.36 bits per heavy atom. The number of rotatable bonds is 7. The third-order valence-corrected chi connectivity index (χ3v) is 3.71. The number of carbonyl (C=O) groups excluding carboxylic acids is 1. The predicted octanol–water partition coefficient (Wildman–Crippen LogP) is 3.35. The second-order valence-electron chi connectivity index (χ2n) is 5.59. The van der Waals surface area contributed by atoms with E-state index in [2.05, 4.69) is 5.32 Å². The highest BCUT2D eigenvalue weighted by atomic mass is 19.1. The third kappa shape index (κ3) is 4.94. The molecular formula is C20H19FN2O2. The summed E-state index contributed by atoms with van der Waals surface area (Å²) < 4.78 is 20.2. The molecule has 128 valence electrons. The summed E-state index contributed by atoms with van der Waals surface area (Å²) in [6.07, 6.45) is 4.27. The molecule has 0 saturated heterocycles. The van der Waals surface area contributed by atoms with Crippen molar-refractivity contribution in [3.8, 4) is 11.4 Å². The lowest BCUT2D eigenvalue weighted by atomic mass is 10.1. The van der Waals surface area contributed by atoms with Gasteiger partial charge < -0.3 is 14.6 Å². The number of nitrogens with one attached hydrogen (secondary N) is 1. The standard InChI is InChI=1S/C20H19FN2O2/c21-17-5-9-19(10-6-17)25-14-11-22-20(24)15-16-3-7-18(8-4-16)23-12-1-2-13-23/h1-10,12-13H,11,14-15H2,(H,22,24). The first-order chi connectivity index (χ1) is 12.2. The molecule has 3 aromatic rings. The number of amides is 1. The van der Waals surface area contributed by atoms with Crippen LogP contribution in [0.1, 0.15) is 5.56 Å². The summed E-state index contributed by atoms with van der Waals surface area (Å²) in [6, 6.07) is 17.6. The summed E-state index contributed by atoms with van der Waals surface area (Å²) in [6.45, 7) is 0.738. The number of hydrogen-bond donors (Lipinski definition) is 1. The summed E-state index contributed by atoms with van der Waals surface area (Å²) in [7, 11) is 0. The second-order valence-corrected chi connectivity index (χ2v) is 5.59. The van der Waals surface area contributed by atoms with Gasteiger partial charge in [-0.25, -0.2) is 4.39 Å². The van der Waals surface area contributed by atoms with E-state index in [1.54, 1.807) is 12.1 Å². The molecule has 0 saturated carbocycles. The summed E-state index contributed by atoms with van der Waals surface area (Å²) in [5.41, 5.74) is 2.01. The van der Waals surface area contributed by atoms with Crippen molar-refractivity contribution in [2.24, 2.45) is 0 Å². The van der Waals surface area contributed by atoms with E-state index < -0.39 is 0 Å². The molecule has 0 unspecified atom stereocenters. The summed E-state index contributed by atoms with van der Waals surface area (Å²) >= 11 is 0. The molecule has 0 spiro atoms. The van der Waals surface area contributed by atoms with Crippen LogP contribution >= 0.6 is 0 Å². The average Bonchev–Trinajstić information content (AvgIpc) is 3.15. The smallest absolute Gasteiger partial charge is 0.224 e. The number of ether oxygens (including phenoxy) is 1. The van der Waals surface area contributed by atoms with Crippen LogP contribution in [-0.2, 0) is 11.2 Å². The first-order valence-electron chi connectivity index (χ1n) is 8.08. The molecule has 5 heteroatoms. The van der Waals surface area contributed by atoms with Crippen molar-refractivity contribution in [2.45, 2.75) is 6.42 Å². The number of halogens is 1. The van der Waals surface area contributed by atoms with Crippen molar-refractivity contribution in [2.75, 3.05) is 13.2 Å². The van der Waals surface area contributed by atoms with Crippen LogP contribution in [-0.4, -0.2) is 23.6 Å². The Hall–Kier alpha value is -3.08. The Balaban J connectivity index is 1.41. The van der Waals surface area contributed by atoms with E-state index in [4.69, 9.17) is 4.74 Å². The van der Waals surface area contributed by atoms with Gasteiger partial charge in [0, 0.05) is 18.1 Å². The quantitative estimate of drug-likeness (QED) is 0.671. The van der Waals surface area contributed by atoms with Gasteiger partial charge in [-0.1, -0.05) is 12.1 Å². The molecule has 4 nitrogen and oxygen atoms in total. The zero-order chi connectivity index (χ0) is 17.5. The maximum atomic E-state index is 12.8. The summed E-state index contributed by atoms with van der Waals surface area (Å²) in [5.74, 6) is 0.219. The van der Waals surface area contributed by atoms with Gasteiger partial charge in [-0.3, -0.25) is 4.79 Å². The Morgan fingerprint density at radius 2 is 1.68 bits per heavy atom. The van der Waals surface area contributed by atoms with Crippen LogP contribution in [0.3, 0.4) is 0 Å². The highest BCUT2D eigenvalue weighted by molar-refractivity contribution is 5.78. The van der Waals surface area contributed by atoms with Crippen LogP contribution in [0.25, 0.3) is 5.69 Å². The second kappa shape index (κ2) is 8.15. The van der Waals surface area contributed by atoms with Crippen molar-refractivity contribution in [3.05, 3.63) is 84.4 Å². The minimum atomic E-state index is -0.302. The number of benzene rings is 2. The minimum Gasteiger partial charge on any atom is -0.492 e. The van der Waals surface area contributed by atoms with E-state index in [9.17, 15) is 9.18 Å². The molecule has 0 aliphatic carbocycles. The van der Waals surface area contributed by atoms with Crippen LogP contribution < -0.4 is 10.1 Å². The van der Waals surface area contributed by atoms with Gasteiger partial charge >= 0.3 is 0 Å². The highest BCUT2D eigenvalue weighted by Crippen LogP contribution is 2.11. The van der Waals surface area contributed by atoms with Crippen molar-refractivity contribution in [1.29, 1.82) is 0 Å². The SMILES string of the molecule is O=C(Cc1ccc(-n2cccc2)cc1)NCCOc1ccc(F)cc1. The molecule has 0 bridgehead atoms. The van der Waals surface area contributed by atoms with Gasteiger partial charge in [0.15, 0.2) is 0 Å². The zero-order valence-electron chi connectivity index (χ0n) is 13.7. The van der Waals surface area contributed by atoms with Crippen molar-refractivity contribution in [1.82, 2.24) is 9.88 Å². The summed E-state index contributed by atoms with van der Waals surface area (Å²) in [4.78, 5) is 12.0. The molecule has 25 heavy (non-hydrogen) atoms. The fraction of sp³-hybridized carbons (Fsp3) is 0.150. The molecule has 2 aromatic carbocycles. The van der Waals surface area contributed by atoms with E-state index in [0.29, 0.717) is 25.3 Å². The largest absolute Gasteiger partial charge is 0.492 e. The van der Waals surface area contributed by atoms with E-state index >= 15 is 0 Å². The minimum absolute atomic E-state index is 0.0589. The molecule has 1 amide bonds. The zero-order valence-corrected chi connectivity index (χ0v) is 13.7. The molecule has 0 aliphatic rings. The Labute approximate surface area is 145 Å². The van der Waals surface area contributed by atoms with Crippen molar-refractivity contribution < 1.29 is 13.9 Å². The molecular weight excluding hydrogens is 319 g/mol. The number of carbonyl (C=O) groups is 1. The molecule has 0 atom stereocenters. The lowest BCUT2D eigenvalue weighted by Gasteiger charge is -2.08. The van der Waals surface area contributed by atoms with E-state index in [1.165, 1.54) is 12.1 Å². The first-order valence-corrected chi connectivity index (χ1v) is 8.08. The van der Waals surface area contributed by atoms with Gasteiger partial charge in [0.2, 0.25) is 5.91 Å². The van der Waals surface area contributed by atoms with Crippen LogP contribution in [0.4, 0.5) is 4.39 Å². The fourth-order valence-corrected chi connectivity index (χ4v) is 2.43. The van der Waals surface area contributed by atoms with E-state index in [1.807, 2.05) is 53.4 Å². The first kappa shape index (κ1) is 16.8.